The number of nitrogens with two attached hydrogens (primary N) is 1. The van der Waals surface area contributed by atoms with Gasteiger partial charge in [-0.15, -0.1) is 0 Å². The largest absolute Gasteiger partial charge is 0.330 e. The van der Waals surface area contributed by atoms with E-state index in [1.54, 1.807) is 0 Å². The topological polar surface area (TPSA) is 87.5 Å². The number of carbonyl (C=O) groups is 2. The molecule has 1 aromatic carbocycles. The van der Waals surface area contributed by atoms with Crippen LogP contribution in [0.25, 0.3) is 0 Å². The molecule has 0 unspecified atom stereocenters. The zero-order valence-corrected chi connectivity index (χ0v) is 15.6. The van der Waals surface area contributed by atoms with Crippen LogP contribution >= 0.6 is 0 Å². The first-order valence-corrected chi connectivity index (χ1v) is 9.85. The van der Waals surface area contributed by atoms with E-state index < -0.39 is 0 Å². The Kier molecular flexibility index (Phi) is 8.96. The number of benzene rings is 1. The lowest BCUT2D eigenvalue weighted by Crippen LogP contribution is -2.35. The van der Waals surface area contributed by atoms with Crippen LogP contribution in [-0.4, -0.2) is 36.5 Å². The standard InChI is InChI=1S/C20H32N4O2/c21-14-6-2-1-5-9-19(25)22-17-10-12-18(13-11-17)23-20(26)24-15-7-3-4-8-16-24/h10-13H,1-9,14-16,21H2,(H,22,25)(H,23,26). The Balaban J connectivity index is 1.73. The van der Waals surface area contributed by atoms with Gasteiger partial charge in [0.2, 0.25) is 5.91 Å². The van der Waals surface area contributed by atoms with E-state index in [2.05, 4.69) is 10.6 Å². The van der Waals surface area contributed by atoms with Crippen LogP contribution in [0.4, 0.5) is 16.2 Å². The quantitative estimate of drug-likeness (QED) is 0.614. The molecule has 0 atom stereocenters. The maximum atomic E-state index is 12.3. The third-order valence-corrected chi connectivity index (χ3v) is 4.67. The van der Waals surface area contributed by atoms with Crippen LogP contribution in [0.5, 0.6) is 0 Å². The number of unbranched alkanes of at least 4 members (excludes halogenated alkanes) is 3. The zero-order chi connectivity index (χ0) is 18.6. The Morgan fingerprint density at radius 1 is 0.846 bits per heavy atom. The lowest BCUT2D eigenvalue weighted by Gasteiger charge is -2.20. The Morgan fingerprint density at radius 2 is 1.42 bits per heavy atom. The summed E-state index contributed by atoms with van der Waals surface area (Å²) >= 11 is 0. The molecule has 0 aromatic heterocycles. The summed E-state index contributed by atoms with van der Waals surface area (Å²) < 4.78 is 0. The van der Waals surface area contributed by atoms with Crippen molar-refractivity contribution in [2.75, 3.05) is 30.3 Å². The third kappa shape index (κ3) is 7.44. The lowest BCUT2D eigenvalue weighted by molar-refractivity contribution is -0.116. The predicted octanol–water partition coefficient (Wildman–Crippen LogP) is 3.94. The second kappa shape index (κ2) is 11.5. The van der Waals surface area contributed by atoms with Gasteiger partial charge in [0, 0.05) is 30.9 Å². The molecule has 6 nitrogen and oxygen atoms in total. The Morgan fingerprint density at radius 3 is 2.04 bits per heavy atom. The number of hydrogen-bond donors (Lipinski definition) is 3. The summed E-state index contributed by atoms with van der Waals surface area (Å²) in [6, 6.07) is 7.26. The molecule has 1 aromatic rings. The van der Waals surface area contributed by atoms with Gasteiger partial charge < -0.3 is 21.3 Å². The lowest BCUT2D eigenvalue weighted by atomic mass is 10.1. The fourth-order valence-corrected chi connectivity index (χ4v) is 3.12. The summed E-state index contributed by atoms with van der Waals surface area (Å²) in [5.74, 6) is 0.0269. The molecule has 1 aliphatic heterocycles. The average Bonchev–Trinajstić information content (AvgIpc) is 2.93. The maximum Gasteiger partial charge on any atom is 0.321 e. The fraction of sp³-hybridized carbons (Fsp3) is 0.600. The SMILES string of the molecule is NCCCCCCC(=O)Nc1ccc(NC(=O)N2CCCCCC2)cc1. The van der Waals surface area contributed by atoms with Gasteiger partial charge in [0.25, 0.3) is 0 Å². The predicted molar refractivity (Wildman–Crippen MR) is 106 cm³/mol. The summed E-state index contributed by atoms with van der Waals surface area (Å²) in [6.45, 7) is 2.36. The molecule has 144 valence electrons. The average molecular weight is 361 g/mol. The zero-order valence-electron chi connectivity index (χ0n) is 15.6. The van der Waals surface area contributed by atoms with Crippen LogP contribution in [0.15, 0.2) is 24.3 Å². The molecule has 0 saturated carbocycles. The number of anilines is 2. The Bertz CT molecular complexity index is 551. The van der Waals surface area contributed by atoms with Crippen LogP contribution in [0.1, 0.15) is 57.8 Å². The van der Waals surface area contributed by atoms with Gasteiger partial charge >= 0.3 is 6.03 Å². The van der Waals surface area contributed by atoms with Crippen molar-refractivity contribution < 1.29 is 9.59 Å². The highest BCUT2D eigenvalue weighted by Gasteiger charge is 2.15. The van der Waals surface area contributed by atoms with E-state index in [1.807, 2.05) is 29.2 Å². The second-order valence-corrected chi connectivity index (χ2v) is 6.91. The third-order valence-electron chi connectivity index (χ3n) is 4.67. The first kappa shape index (κ1) is 20.2. The molecule has 1 saturated heterocycles. The van der Waals surface area contributed by atoms with Crippen molar-refractivity contribution in [3.63, 3.8) is 0 Å². The molecule has 0 radical (unpaired) electrons. The van der Waals surface area contributed by atoms with Gasteiger partial charge in [0.15, 0.2) is 0 Å². The highest BCUT2D eigenvalue weighted by Crippen LogP contribution is 2.16. The van der Waals surface area contributed by atoms with Crippen LogP contribution < -0.4 is 16.4 Å². The molecule has 0 bridgehead atoms. The number of nitrogens with one attached hydrogen (secondary N) is 2. The van der Waals surface area contributed by atoms with Crippen LogP contribution in [0.3, 0.4) is 0 Å². The molecular weight excluding hydrogens is 328 g/mol. The van der Waals surface area contributed by atoms with E-state index in [1.165, 1.54) is 12.8 Å². The van der Waals surface area contributed by atoms with Gasteiger partial charge in [-0.3, -0.25) is 4.79 Å². The van der Waals surface area contributed by atoms with E-state index in [9.17, 15) is 9.59 Å². The van der Waals surface area contributed by atoms with Crippen molar-refractivity contribution in [2.45, 2.75) is 57.8 Å². The van der Waals surface area contributed by atoms with E-state index in [-0.39, 0.29) is 11.9 Å². The van der Waals surface area contributed by atoms with Crippen molar-refractivity contribution in [1.82, 2.24) is 4.90 Å². The van der Waals surface area contributed by atoms with Gasteiger partial charge in [0.05, 0.1) is 0 Å². The summed E-state index contributed by atoms with van der Waals surface area (Å²) in [7, 11) is 0. The monoisotopic (exact) mass is 360 g/mol. The molecule has 0 aliphatic carbocycles. The summed E-state index contributed by atoms with van der Waals surface area (Å²) in [5.41, 5.74) is 6.96. The van der Waals surface area contributed by atoms with E-state index in [0.29, 0.717) is 13.0 Å². The van der Waals surface area contributed by atoms with Gasteiger partial charge in [0.1, 0.15) is 0 Å². The van der Waals surface area contributed by atoms with Crippen molar-refractivity contribution >= 4 is 23.3 Å². The van der Waals surface area contributed by atoms with Crippen molar-refractivity contribution in [3.8, 4) is 0 Å². The number of urea groups is 1. The Hall–Kier alpha value is -2.08. The van der Waals surface area contributed by atoms with Crippen LogP contribution in [0.2, 0.25) is 0 Å². The van der Waals surface area contributed by atoms with Crippen LogP contribution in [0, 0.1) is 0 Å². The number of rotatable bonds is 8. The number of carbonyl (C=O) groups excluding carboxylic acids is 2. The summed E-state index contributed by atoms with van der Waals surface area (Å²) in [4.78, 5) is 26.1. The van der Waals surface area contributed by atoms with Crippen molar-refractivity contribution in [2.24, 2.45) is 5.73 Å². The molecule has 6 heteroatoms. The van der Waals surface area contributed by atoms with Crippen LogP contribution in [-0.2, 0) is 4.79 Å². The summed E-state index contributed by atoms with van der Waals surface area (Å²) in [5, 5.41) is 5.84. The molecule has 4 N–H and O–H groups in total. The highest BCUT2D eigenvalue weighted by atomic mass is 16.2. The van der Waals surface area contributed by atoms with E-state index in [4.69, 9.17) is 5.73 Å². The molecule has 1 aliphatic rings. The Labute approximate surface area is 156 Å². The van der Waals surface area contributed by atoms with E-state index >= 15 is 0 Å². The highest BCUT2D eigenvalue weighted by molar-refractivity contribution is 5.92. The van der Waals surface area contributed by atoms with Crippen molar-refractivity contribution in [3.05, 3.63) is 24.3 Å². The number of amides is 3. The van der Waals surface area contributed by atoms with Gasteiger partial charge in [-0.1, -0.05) is 25.7 Å². The first-order chi connectivity index (χ1) is 12.7. The normalized spacial score (nSPS) is 14.6. The number of likely N-dealkylation sites (tertiary alicyclic amines) is 1. The number of hydrogen-bond acceptors (Lipinski definition) is 3. The molecule has 3 amide bonds. The fourth-order valence-electron chi connectivity index (χ4n) is 3.12. The molecule has 1 heterocycles. The molecule has 26 heavy (non-hydrogen) atoms. The molecule has 0 spiro atoms. The minimum absolute atomic E-state index is 0.0269. The minimum Gasteiger partial charge on any atom is -0.330 e. The van der Waals surface area contributed by atoms with Gasteiger partial charge in [-0.25, -0.2) is 4.79 Å². The molecular formula is C20H32N4O2. The van der Waals surface area contributed by atoms with Crippen molar-refractivity contribution in [1.29, 1.82) is 0 Å². The van der Waals surface area contributed by atoms with Gasteiger partial charge in [-0.2, -0.15) is 0 Å². The molecule has 1 fully saturated rings. The minimum atomic E-state index is -0.0406. The number of nitrogens with zero attached hydrogens (tertiary/aromatic N) is 1. The molecule has 2 rings (SSSR count). The second-order valence-electron chi connectivity index (χ2n) is 6.91. The van der Waals surface area contributed by atoms with E-state index in [0.717, 1.165) is 63.0 Å². The smallest absolute Gasteiger partial charge is 0.321 e. The summed E-state index contributed by atoms with van der Waals surface area (Å²) in [6.07, 6.45) is 9.09. The maximum absolute atomic E-state index is 12.3. The first-order valence-electron chi connectivity index (χ1n) is 9.85. The van der Waals surface area contributed by atoms with Gasteiger partial charge in [-0.05, 0) is 56.5 Å².